The molecule has 3 aromatic rings. The normalized spacial score (nSPS) is 14.8. The first-order valence-corrected chi connectivity index (χ1v) is 11.4. The van der Waals surface area contributed by atoms with Gasteiger partial charge in [-0.1, -0.05) is 25.1 Å². The van der Waals surface area contributed by atoms with Gasteiger partial charge in [-0.3, -0.25) is 9.71 Å². The lowest BCUT2D eigenvalue weighted by atomic mass is 9.87. The van der Waals surface area contributed by atoms with E-state index in [1.807, 2.05) is 31.2 Å². The van der Waals surface area contributed by atoms with Crippen LogP contribution in [-0.2, 0) is 16.6 Å². The lowest BCUT2D eigenvalue weighted by Crippen LogP contribution is -2.09. The molecule has 7 heteroatoms. The maximum absolute atomic E-state index is 13.9. The molecular formula is C23H21FN2O3S. The summed E-state index contributed by atoms with van der Waals surface area (Å²) < 4.78 is 45.7. The molecule has 1 aliphatic rings. The SMILES string of the molecule is CC/C(=C1\c2ccc(F)cc2OCc2ncccc21)c1cccc(NS(C)(=O)=O)c1. The van der Waals surface area contributed by atoms with Crippen molar-refractivity contribution in [2.24, 2.45) is 0 Å². The largest absolute Gasteiger partial charge is 0.487 e. The molecule has 2 aromatic carbocycles. The highest BCUT2D eigenvalue weighted by Gasteiger charge is 2.23. The van der Waals surface area contributed by atoms with Crippen LogP contribution in [0.3, 0.4) is 0 Å². The summed E-state index contributed by atoms with van der Waals surface area (Å²) >= 11 is 0. The Balaban J connectivity index is 1.99. The van der Waals surface area contributed by atoms with Crippen LogP contribution in [0.25, 0.3) is 11.1 Å². The molecule has 4 rings (SSSR count). The summed E-state index contributed by atoms with van der Waals surface area (Å²) in [5.41, 5.74) is 5.71. The molecule has 2 heterocycles. The Bertz CT molecular complexity index is 1250. The van der Waals surface area contributed by atoms with Crippen molar-refractivity contribution < 1.29 is 17.5 Å². The smallest absolute Gasteiger partial charge is 0.229 e. The summed E-state index contributed by atoms with van der Waals surface area (Å²) in [5, 5.41) is 0. The molecule has 0 radical (unpaired) electrons. The molecule has 0 spiro atoms. The van der Waals surface area contributed by atoms with Gasteiger partial charge in [0.25, 0.3) is 0 Å². The predicted octanol–water partition coefficient (Wildman–Crippen LogP) is 4.85. The maximum atomic E-state index is 13.9. The minimum atomic E-state index is -3.40. The average Bonchev–Trinajstić information content (AvgIpc) is 2.85. The number of benzene rings is 2. The quantitative estimate of drug-likeness (QED) is 0.650. The third kappa shape index (κ3) is 4.07. The Labute approximate surface area is 175 Å². The molecule has 0 bridgehead atoms. The van der Waals surface area contributed by atoms with E-state index >= 15 is 0 Å². The van der Waals surface area contributed by atoms with Crippen molar-refractivity contribution in [1.82, 2.24) is 4.98 Å². The number of allylic oxidation sites excluding steroid dienone is 1. The number of anilines is 1. The fourth-order valence-corrected chi connectivity index (χ4v) is 4.28. The molecule has 0 aliphatic carbocycles. The summed E-state index contributed by atoms with van der Waals surface area (Å²) in [6.07, 6.45) is 3.50. The lowest BCUT2D eigenvalue weighted by molar-refractivity contribution is 0.301. The number of rotatable bonds is 4. The third-order valence-electron chi connectivity index (χ3n) is 4.91. The van der Waals surface area contributed by atoms with E-state index in [2.05, 4.69) is 9.71 Å². The molecule has 154 valence electrons. The summed E-state index contributed by atoms with van der Waals surface area (Å²) in [6.45, 7) is 2.27. The van der Waals surface area contributed by atoms with Gasteiger partial charge in [0, 0.05) is 29.1 Å². The van der Waals surface area contributed by atoms with E-state index in [1.54, 1.807) is 24.4 Å². The molecule has 0 saturated carbocycles. The fourth-order valence-electron chi connectivity index (χ4n) is 3.73. The molecule has 5 nitrogen and oxygen atoms in total. The maximum Gasteiger partial charge on any atom is 0.229 e. The number of halogens is 1. The van der Waals surface area contributed by atoms with Crippen molar-refractivity contribution in [2.45, 2.75) is 20.0 Å². The Hall–Kier alpha value is -3.19. The van der Waals surface area contributed by atoms with Crippen LogP contribution < -0.4 is 9.46 Å². The van der Waals surface area contributed by atoms with Crippen LogP contribution in [0, 0.1) is 5.82 Å². The zero-order chi connectivity index (χ0) is 21.3. The van der Waals surface area contributed by atoms with Gasteiger partial charge in [-0.05, 0) is 53.5 Å². The minimum Gasteiger partial charge on any atom is -0.487 e. The van der Waals surface area contributed by atoms with Crippen molar-refractivity contribution in [2.75, 3.05) is 11.0 Å². The van der Waals surface area contributed by atoms with Crippen LogP contribution in [0.5, 0.6) is 5.75 Å². The topological polar surface area (TPSA) is 68.3 Å². The van der Waals surface area contributed by atoms with Crippen molar-refractivity contribution >= 4 is 26.9 Å². The second kappa shape index (κ2) is 7.91. The number of ether oxygens (including phenoxy) is 1. The van der Waals surface area contributed by atoms with E-state index in [0.29, 0.717) is 17.9 Å². The molecule has 0 fully saturated rings. The van der Waals surface area contributed by atoms with E-state index in [4.69, 9.17) is 4.74 Å². The van der Waals surface area contributed by atoms with Gasteiger partial charge in [-0.25, -0.2) is 12.8 Å². The van der Waals surface area contributed by atoms with Gasteiger partial charge < -0.3 is 4.74 Å². The predicted molar refractivity (Wildman–Crippen MR) is 116 cm³/mol. The van der Waals surface area contributed by atoms with Gasteiger partial charge in [0.15, 0.2) is 0 Å². The van der Waals surface area contributed by atoms with Crippen LogP contribution in [0.4, 0.5) is 10.1 Å². The van der Waals surface area contributed by atoms with E-state index in [1.165, 1.54) is 12.1 Å². The second-order valence-corrected chi connectivity index (χ2v) is 8.84. The second-order valence-electron chi connectivity index (χ2n) is 7.09. The molecule has 30 heavy (non-hydrogen) atoms. The van der Waals surface area contributed by atoms with E-state index in [9.17, 15) is 12.8 Å². The Kier molecular flexibility index (Phi) is 5.30. The van der Waals surface area contributed by atoms with E-state index in [0.717, 1.165) is 39.8 Å². The number of nitrogens with zero attached hydrogens (tertiary/aromatic N) is 1. The van der Waals surface area contributed by atoms with Gasteiger partial charge in [0.1, 0.15) is 18.2 Å². The van der Waals surface area contributed by atoms with Crippen LogP contribution >= 0.6 is 0 Å². The molecular weight excluding hydrogens is 403 g/mol. The van der Waals surface area contributed by atoms with Crippen LogP contribution in [0.2, 0.25) is 0 Å². The molecule has 1 aliphatic heterocycles. The van der Waals surface area contributed by atoms with Crippen molar-refractivity contribution in [3.8, 4) is 5.75 Å². The van der Waals surface area contributed by atoms with Crippen LogP contribution in [0.1, 0.15) is 35.7 Å². The third-order valence-corrected chi connectivity index (χ3v) is 5.51. The molecule has 1 aromatic heterocycles. The summed E-state index contributed by atoms with van der Waals surface area (Å²) in [4.78, 5) is 4.47. The molecule has 0 atom stereocenters. The number of nitrogens with one attached hydrogen (secondary N) is 1. The number of hydrogen-bond donors (Lipinski definition) is 1. The molecule has 1 N–H and O–H groups in total. The zero-order valence-corrected chi connectivity index (χ0v) is 17.5. The van der Waals surface area contributed by atoms with Crippen molar-refractivity contribution in [3.63, 3.8) is 0 Å². The van der Waals surface area contributed by atoms with Gasteiger partial charge >= 0.3 is 0 Å². The van der Waals surface area contributed by atoms with E-state index < -0.39 is 10.0 Å². The summed E-state index contributed by atoms with van der Waals surface area (Å²) in [7, 11) is -3.40. The van der Waals surface area contributed by atoms with Gasteiger partial charge in [0.2, 0.25) is 10.0 Å². The highest BCUT2D eigenvalue weighted by atomic mass is 32.2. The first kappa shape index (κ1) is 20.1. The first-order valence-electron chi connectivity index (χ1n) is 9.54. The van der Waals surface area contributed by atoms with Gasteiger partial charge in [0.05, 0.1) is 11.9 Å². The number of sulfonamides is 1. The molecule has 0 unspecified atom stereocenters. The minimum absolute atomic E-state index is 0.239. The van der Waals surface area contributed by atoms with Crippen LogP contribution in [-0.4, -0.2) is 19.7 Å². The molecule has 0 saturated heterocycles. The Morgan fingerprint density at radius 2 is 1.97 bits per heavy atom. The number of hydrogen-bond acceptors (Lipinski definition) is 4. The number of pyridine rings is 1. The van der Waals surface area contributed by atoms with Crippen LogP contribution in [0.15, 0.2) is 60.8 Å². The van der Waals surface area contributed by atoms with Gasteiger partial charge in [-0.2, -0.15) is 0 Å². The number of fused-ring (bicyclic) bond motifs is 2. The number of aromatic nitrogens is 1. The monoisotopic (exact) mass is 424 g/mol. The molecule has 0 amide bonds. The van der Waals surface area contributed by atoms with Crippen molar-refractivity contribution in [1.29, 1.82) is 0 Å². The zero-order valence-electron chi connectivity index (χ0n) is 16.6. The Morgan fingerprint density at radius 1 is 1.13 bits per heavy atom. The fraction of sp³-hybridized carbons (Fsp3) is 0.174. The highest BCUT2D eigenvalue weighted by Crippen LogP contribution is 2.42. The Morgan fingerprint density at radius 3 is 2.73 bits per heavy atom. The summed E-state index contributed by atoms with van der Waals surface area (Å²) in [6, 6.07) is 15.6. The van der Waals surface area contributed by atoms with Gasteiger partial charge in [-0.15, -0.1) is 0 Å². The van der Waals surface area contributed by atoms with E-state index in [-0.39, 0.29) is 12.4 Å². The lowest BCUT2D eigenvalue weighted by Gasteiger charge is -2.17. The standard InChI is InChI=1S/C23H21FN2O3S/c1-3-18(15-6-4-7-17(12-15)26-30(2,27)28)23-19-8-5-11-25-21(19)14-29-22-13-16(24)9-10-20(22)23/h4-13,26H,3,14H2,1-2H3/b23-18+. The average molecular weight is 424 g/mol. The highest BCUT2D eigenvalue weighted by molar-refractivity contribution is 7.92. The summed E-state index contributed by atoms with van der Waals surface area (Å²) in [5.74, 6) is 0.0868. The first-order chi connectivity index (χ1) is 14.4. The van der Waals surface area contributed by atoms with Crippen molar-refractivity contribution in [3.05, 3.63) is 89.0 Å².